The average molecular weight is 494 g/mol. The van der Waals surface area contributed by atoms with Crippen molar-refractivity contribution in [2.24, 2.45) is 10.4 Å². The highest BCUT2D eigenvalue weighted by Gasteiger charge is 2.41. The Labute approximate surface area is 172 Å². The molecule has 2 atom stereocenters. The summed E-state index contributed by atoms with van der Waals surface area (Å²) in [5.41, 5.74) is -0.0313. The predicted octanol–water partition coefficient (Wildman–Crippen LogP) is 3.20. The molecule has 1 aliphatic heterocycles. The highest BCUT2D eigenvalue weighted by molar-refractivity contribution is 14.0. The van der Waals surface area contributed by atoms with Crippen molar-refractivity contribution in [3.05, 3.63) is 0 Å². The molecule has 0 radical (unpaired) electrons. The van der Waals surface area contributed by atoms with Crippen LogP contribution in [0.15, 0.2) is 4.99 Å². The lowest BCUT2D eigenvalue weighted by atomic mass is 9.89. The maximum absolute atomic E-state index is 12.9. The summed E-state index contributed by atoms with van der Waals surface area (Å²) >= 11 is 0. The molecule has 1 rings (SSSR count). The summed E-state index contributed by atoms with van der Waals surface area (Å²) in [7, 11) is 1.68. The smallest absolute Gasteiger partial charge is 0.379 e. The molecular formula is C17H34F3IN4O. The molecule has 0 bridgehead atoms. The van der Waals surface area contributed by atoms with E-state index < -0.39 is 12.2 Å². The maximum atomic E-state index is 12.9. The summed E-state index contributed by atoms with van der Waals surface area (Å²) in [6.45, 7) is 12.5. The van der Waals surface area contributed by atoms with E-state index in [1.54, 1.807) is 7.11 Å². The molecule has 26 heavy (non-hydrogen) atoms. The van der Waals surface area contributed by atoms with Crippen molar-refractivity contribution >= 4 is 29.9 Å². The quantitative estimate of drug-likeness (QED) is 0.362. The molecule has 1 heterocycles. The third-order valence-electron chi connectivity index (χ3n) is 4.63. The number of rotatable bonds is 5. The Morgan fingerprint density at radius 1 is 1.15 bits per heavy atom. The molecule has 156 valence electrons. The van der Waals surface area contributed by atoms with Crippen molar-refractivity contribution in [2.45, 2.75) is 52.9 Å². The van der Waals surface area contributed by atoms with Gasteiger partial charge in [0.25, 0.3) is 0 Å². The number of aliphatic imine (C=N–C) groups is 1. The molecule has 9 heteroatoms. The summed E-state index contributed by atoms with van der Waals surface area (Å²) in [4.78, 5) is 8.16. The summed E-state index contributed by atoms with van der Waals surface area (Å²) < 4.78 is 44.1. The minimum atomic E-state index is -4.18. The van der Waals surface area contributed by atoms with Crippen LogP contribution in [0.2, 0.25) is 0 Å². The van der Waals surface area contributed by atoms with Crippen LogP contribution in [-0.2, 0) is 4.74 Å². The molecule has 0 spiro atoms. The van der Waals surface area contributed by atoms with Gasteiger partial charge >= 0.3 is 6.18 Å². The van der Waals surface area contributed by atoms with Crippen molar-refractivity contribution in [3.8, 4) is 0 Å². The van der Waals surface area contributed by atoms with Gasteiger partial charge < -0.3 is 15.0 Å². The lowest BCUT2D eigenvalue weighted by Gasteiger charge is -2.40. The van der Waals surface area contributed by atoms with Crippen LogP contribution in [0.25, 0.3) is 0 Å². The molecule has 1 N–H and O–H groups in total. The lowest BCUT2D eigenvalue weighted by molar-refractivity contribution is -0.181. The highest BCUT2D eigenvalue weighted by Crippen LogP contribution is 2.25. The van der Waals surface area contributed by atoms with Gasteiger partial charge in [0.1, 0.15) is 6.04 Å². The molecule has 0 amide bonds. The van der Waals surface area contributed by atoms with Gasteiger partial charge in [-0.3, -0.25) is 9.89 Å². The van der Waals surface area contributed by atoms with E-state index in [1.807, 2.05) is 11.8 Å². The van der Waals surface area contributed by atoms with Crippen molar-refractivity contribution in [2.75, 3.05) is 46.4 Å². The fourth-order valence-electron chi connectivity index (χ4n) is 2.83. The minimum absolute atomic E-state index is 0. The van der Waals surface area contributed by atoms with Crippen LogP contribution in [-0.4, -0.2) is 80.5 Å². The van der Waals surface area contributed by atoms with Crippen LogP contribution in [0.3, 0.4) is 0 Å². The zero-order valence-electron chi connectivity index (χ0n) is 16.7. The van der Waals surface area contributed by atoms with Crippen LogP contribution in [0.5, 0.6) is 0 Å². The minimum Gasteiger partial charge on any atom is -0.379 e. The molecule has 0 saturated carbocycles. The van der Waals surface area contributed by atoms with Crippen molar-refractivity contribution < 1.29 is 17.9 Å². The zero-order valence-corrected chi connectivity index (χ0v) is 19.0. The van der Waals surface area contributed by atoms with Crippen molar-refractivity contribution in [3.63, 3.8) is 0 Å². The fourth-order valence-corrected chi connectivity index (χ4v) is 2.83. The topological polar surface area (TPSA) is 40.1 Å². The van der Waals surface area contributed by atoms with Gasteiger partial charge in [-0.25, -0.2) is 0 Å². The first kappa shape index (κ1) is 25.7. The standard InChI is InChI=1S/C17H33F3N4O.HI/c1-7-21-15(22-12-14(25-6)16(3,4)5)24-10-8-23(9-11-24)13(2)17(18,19)20;/h13-14H,7-12H2,1-6H3,(H,21,22);1H. The van der Waals surface area contributed by atoms with E-state index in [1.165, 1.54) is 11.8 Å². The summed E-state index contributed by atoms with van der Waals surface area (Å²) in [6.07, 6.45) is -4.20. The molecule has 0 aromatic carbocycles. The first-order valence-electron chi connectivity index (χ1n) is 8.87. The number of guanidine groups is 1. The van der Waals surface area contributed by atoms with E-state index in [2.05, 4.69) is 31.1 Å². The van der Waals surface area contributed by atoms with Crippen LogP contribution < -0.4 is 5.32 Å². The fraction of sp³-hybridized carbons (Fsp3) is 0.941. The van der Waals surface area contributed by atoms with Crippen molar-refractivity contribution in [1.29, 1.82) is 0 Å². The van der Waals surface area contributed by atoms with Gasteiger partial charge in [0.2, 0.25) is 0 Å². The monoisotopic (exact) mass is 494 g/mol. The van der Waals surface area contributed by atoms with Gasteiger partial charge in [0, 0.05) is 39.8 Å². The summed E-state index contributed by atoms with van der Waals surface area (Å²) in [5.74, 6) is 0.744. The number of ether oxygens (including phenoxy) is 1. The van der Waals surface area contributed by atoms with E-state index in [-0.39, 0.29) is 35.5 Å². The second kappa shape index (κ2) is 10.9. The van der Waals surface area contributed by atoms with E-state index in [4.69, 9.17) is 4.74 Å². The molecule has 0 aromatic rings. The molecule has 1 fully saturated rings. The van der Waals surface area contributed by atoms with Gasteiger partial charge in [-0.15, -0.1) is 24.0 Å². The number of halogens is 4. The first-order valence-corrected chi connectivity index (χ1v) is 8.87. The van der Waals surface area contributed by atoms with Crippen LogP contribution in [0.1, 0.15) is 34.6 Å². The van der Waals surface area contributed by atoms with Gasteiger partial charge in [-0.1, -0.05) is 20.8 Å². The Bertz CT molecular complexity index is 433. The lowest BCUT2D eigenvalue weighted by Crippen LogP contribution is -2.56. The number of nitrogens with one attached hydrogen (secondary N) is 1. The molecule has 1 aliphatic rings. The maximum Gasteiger partial charge on any atom is 0.403 e. The molecular weight excluding hydrogens is 460 g/mol. The summed E-state index contributed by atoms with van der Waals surface area (Å²) in [5, 5.41) is 3.24. The molecule has 5 nitrogen and oxygen atoms in total. The molecule has 1 saturated heterocycles. The van der Waals surface area contributed by atoms with E-state index in [9.17, 15) is 13.2 Å². The second-order valence-corrected chi connectivity index (χ2v) is 7.53. The van der Waals surface area contributed by atoms with Crippen molar-refractivity contribution in [1.82, 2.24) is 15.1 Å². The van der Waals surface area contributed by atoms with Crippen LogP contribution in [0.4, 0.5) is 13.2 Å². The Kier molecular flexibility index (Phi) is 10.8. The van der Waals surface area contributed by atoms with Gasteiger partial charge in [-0.05, 0) is 19.3 Å². The Hall–Kier alpha value is -0.290. The Morgan fingerprint density at radius 3 is 2.08 bits per heavy atom. The zero-order chi connectivity index (χ0) is 19.3. The number of alkyl halides is 3. The number of nitrogens with zero attached hydrogens (tertiary/aromatic N) is 3. The van der Waals surface area contributed by atoms with Gasteiger partial charge in [0.05, 0.1) is 12.6 Å². The second-order valence-electron chi connectivity index (χ2n) is 7.53. The normalized spacial score (nSPS) is 19.7. The van der Waals surface area contributed by atoms with E-state index in [0.29, 0.717) is 39.3 Å². The van der Waals surface area contributed by atoms with Crippen LogP contribution >= 0.6 is 24.0 Å². The SMILES string of the molecule is CCNC(=NCC(OC)C(C)(C)C)N1CCN(C(C)C(F)(F)F)CC1.I. The van der Waals surface area contributed by atoms with E-state index >= 15 is 0 Å². The van der Waals surface area contributed by atoms with Crippen LogP contribution in [0, 0.1) is 5.41 Å². The van der Waals surface area contributed by atoms with E-state index in [0.717, 1.165) is 5.96 Å². The van der Waals surface area contributed by atoms with Gasteiger partial charge in [-0.2, -0.15) is 13.2 Å². The number of piperazine rings is 1. The Morgan fingerprint density at radius 2 is 1.69 bits per heavy atom. The number of hydrogen-bond donors (Lipinski definition) is 1. The third-order valence-corrected chi connectivity index (χ3v) is 4.63. The number of methoxy groups -OCH3 is 1. The predicted molar refractivity (Wildman–Crippen MR) is 110 cm³/mol. The number of hydrogen-bond acceptors (Lipinski definition) is 3. The van der Waals surface area contributed by atoms with Gasteiger partial charge in [0.15, 0.2) is 5.96 Å². The molecule has 0 aliphatic carbocycles. The largest absolute Gasteiger partial charge is 0.403 e. The average Bonchev–Trinajstić information content (AvgIpc) is 2.51. The Balaban J connectivity index is 0.00000625. The molecule has 2 unspecified atom stereocenters. The first-order chi connectivity index (χ1) is 11.5. The molecule has 0 aromatic heterocycles. The summed E-state index contributed by atoms with van der Waals surface area (Å²) in [6, 6.07) is -1.41. The third kappa shape index (κ3) is 7.75. The highest BCUT2D eigenvalue weighted by atomic mass is 127.